The van der Waals surface area contributed by atoms with Gasteiger partial charge in [0.1, 0.15) is 0 Å². The van der Waals surface area contributed by atoms with Crippen molar-refractivity contribution in [3.8, 4) is 0 Å². The molecule has 0 aliphatic carbocycles. The Kier molecular flexibility index (Phi) is 6.63. The van der Waals surface area contributed by atoms with Crippen LogP contribution in [0.1, 0.15) is 47.0 Å². The van der Waals surface area contributed by atoms with Crippen molar-refractivity contribution >= 4 is 0 Å². The maximum atomic E-state index is 2.56. The van der Waals surface area contributed by atoms with E-state index in [0.717, 1.165) is 6.04 Å². The molecule has 0 spiro atoms. The first kappa shape index (κ1) is 11.0. The van der Waals surface area contributed by atoms with Gasteiger partial charge in [0.2, 0.25) is 0 Å². The highest BCUT2D eigenvalue weighted by Gasteiger charge is 2.07. The average molecular weight is 157 g/mol. The van der Waals surface area contributed by atoms with Crippen LogP contribution in [-0.4, -0.2) is 24.0 Å². The van der Waals surface area contributed by atoms with E-state index in [1.807, 2.05) is 0 Å². The average Bonchev–Trinajstić information content (AvgIpc) is 2.05. The topological polar surface area (TPSA) is 3.24 Å². The fourth-order valence-corrected chi connectivity index (χ4v) is 1.31. The molecule has 1 atom stereocenters. The molecule has 0 N–H and O–H groups in total. The lowest BCUT2D eigenvalue weighted by molar-refractivity contribution is 0.211. The molecule has 0 aromatic rings. The van der Waals surface area contributed by atoms with Crippen LogP contribution in [0.3, 0.4) is 0 Å². The first-order chi connectivity index (χ1) is 5.26. The Morgan fingerprint density at radius 3 is 2.18 bits per heavy atom. The lowest BCUT2D eigenvalue weighted by atomic mass is 10.2. The van der Waals surface area contributed by atoms with Crippen LogP contribution in [0.5, 0.6) is 0 Å². The second kappa shape index (κ2) is 6.66. The minimum absolute atomic E-state index is 0.770. The summed E-state index contributed by atoms with van der Waals surface area (Å²) in [7, 11) is 0. The zero-order chi connectivity index (χ0) is 8.69. The highest BCUT2D eigenvalue weighted by atomic mass is 15.1. The molecule has 0 saturated heterocycles. The summed E-state index contributed by atoms with van der Waals surface area (Å²) in [6.07, 6.45) is 3.93. The highest BCUT2D eigenvalue weighted by Crippen LogP contribution is 2.04. The monoisotopic (exact) mass is 157 g/mol. The van der Waals surface area contributed by atoms with Crippen molar-refractivity contribution in [1.82, 2.24) is 4.90 Å². The van der Waals surface area contributed by atoms with E-state index in [1.54, 1.807) is 0 Å². The molecular formula is C10H23N. The van der Waals surface area contributed by atoms with Crippen LogP contribution in [0.25, 0.3) is 0 Å². The number of unbranched alkanes of at least 4 members (excludes halogenated alkanes) is 1. The van der Waals surface area contributed by atoms with Crippen molar-refractivity contribution in [1.29, 1.82) is 0 Å². The van der Waals surface area contributed by atoms with Gasteiger partial charge in [-0.25, -0.2) is 0 Å². The molecule has 1 unspecified atom stereocenters. The minimum atomic E-state index is 0.770. The van der Waals surface area contributed by atoms with Gasteiger partial charge in [-0.2, -0.15) is 0 Å². The molecule has 68 valence electrons. The van der Waals surface area contributed by atoms with E-state index < -0.39 is 0 Å². The van der Waals surface area contributed by atoms with E-state index in [1.165, 1.54) is 32.4 Å². The SMILES string of the molecule is CCCCN(CC)C(C)CC. The Morgan fingerprint density at radius 2 is 1.82 bits per heavy atom. The van der Waals surface area contributed by atoms with Gasteiger partial charge in [0.15, 0.2) is 0 Å². The van der Waals surface area contributed by atoms with E-state index in [9.17, 15) is 0 Å². The summed E-state index contributed by atoms with van der Waals surface area (Å²) in [5.74, 6) is 0. The molecule has 0 rings (SSSR count). The zero-order valence-corrected chi connectivity index (χ0v) is 8.56. The maximum Gasteiger partial charge on any atom is 0.00641 e. The van der Waals surface area contributed by atoms with Crippen LogP contribution in [0, 0.1) is 0 Å². The van der Waals surface area contributed by atoms with Gasteiger partial charge < -0.3 is 4.90 Å². The summed E-state index contributed by atoms with van der Waals surface area (Å²) in [5.41, 5.74) is 0. The summed E-state index contributed by atoms with van der Waals surface area (Å²) in [5, 5.41) is 0. The molecule has 0 aromatic carbocycles. The molecule has 0 aliphatic heterocycles. The Balaban J connectivity index is 3.56. The van der Waals surface area contributed by atoms with Crippen molar-refractivity contribution in [3.63, 3.8) is 0 Å². The molecule has 0 heterocycles. The van der Waals surface area contributed by atoms with Crippen molar-refractivity contribution < 1.29 is 0 Å². The predicted octanol–water partition coefficient (Wildman–Crippen LogP) is 2.91. The third-order valence-electron chi connectivity index (χ3n) is 2.42. The molecule has 0 fully saturated rings. The third-order valence-corrected chi connectivity index (χ3v) is 2.42. The largest absolute Gasteiger partial charge is 0.301 e. The summed E-state index contributed by atoms with van der Waals surface area (Å²) < 4.78 is 0. The fourth-order valence-electron chi connectivity index (χ4n) is 1.31. The molecule has 0 radical (unpaired) electrons. The minimum Gasteiger partial charge on any atom is -0.301 e. The first-order valence-corrected chi connectivity index (χ1v) is 5.00. The van der Waals surface area contributed by atoms with Crippen molar-refractivity contribution in [2.75, 3.05) is 13.1 Å². The van der Waals surface area contributed by atoms with Gasteiger partial charge in [-0.1, -0.05) is 27.2 Å². The van der Waals surface area contributed by atoms with Gasteiger partial charge in [-0.3, -0.25) is 0 Å². The van der Waals surface area contributed by atoms with Crippen LogP contribution in [0.4, 0.5) is 0 Å². The van der Waals surface area contributed by atoms with Gasteiger partial charge >= 0.3 is 0 Å². The Hall–Kier alpha value is -0.0400. The van der Waals surface area contributed by atoms with Crippen LogP contribution >= 0.6 is 0 Å². The van der Waals surface area contributed by atoms with Gasteiger partial charge in [-0.15, -0.1) is 0 Å². The summed E-state index contributed by atoms with van der Waals surface area (Å²) in [4.78, 5) is 2.56. The lowest BCUT2D eigenvalue weighted by Crippen LogP contribution is -2.33. The number of hydrogen-bond acceptors (Lipinski definition) is 1. The molecule has 1 nitrogen and oxygen atoms in total. The molecule has 0 saturated carbocycles. The Labute approximate surface area is 71.8 Å². The molecule has 0 aromatic heterocycles. The normalized spacial score (nSPS) is 13.9. The van der Waals surface area contributed by atoms with E-state index in [-0.39, 0.29) is 0 Å². The Bertz CT molecular complexity index is 80.9. The number of hydrogen-bond donors (Lipinski definition) is 0. The number of rotatable bonds is 6. The molecule has 0 aliphatic rings. The third kappa shape index (κ3) is 4.41. The fraction of sp³-hybridized carbons (Fsp3) is 1.00. The lowest BCUT2D eigenvalue weighted by Gasteiger charge is -2.26. The van der Waals surface area contributed by atoms with Gasteiger partial charge in [0.25, 0.3) is 0 Å². The van der Waals surface area contributed by atoms with Crippen molar-refractivity contribution in [3.05, 3.63) is 0 Å². The second-order valence-corrected chi connectivity index (χ2v) is 3.24. The van der Waals surface area contributed by atoms with E-state index in [4.69, 9.17) is 0 Å². The molecule has 1 heteroatoms. The van der Waals surface area contributed by atoms with Crippen molar-refractivity contribution in [2.45, 2.75) is 53.0 Å². The first-order valence-electron chi connectivity index (χ1n) is 5.00. The van der Waals surface area contributed by atoms with E-state index in [2.05, 4.69) is 32.6 Å². The van der Waals surface area contributed by atoms with Crippen LogP contribution in [-0.2, 0) is 0 Å². The van der Waals surface area contributed by atoms with Crippen LogP contribution in [0.15, 0.2) is 0 Å². The van der Waals surface area contributed by atoms with Gasteiger partial charge in [-0.05, 0) is 32.9 Å². The van der Waals surface area contributed by atoms with Crippen LogP contribution < -0.4 is 0 Å². The summed E-state index contributed by atoms with van der Waals surface area (Å²) >= 11 is 0. The molecule has 11 heavy (non-hydrogen) atoms. The van der Waals surface area contributed by atoms with E-state index >= 15 is 0 Å². The zero-order valence-electron chi connectivity index (χ0n) is 8.56. The van der Waals surface area contributed by atoms with Crippen LogP contribution in [0.2, 0.25) is 0 Å². The molecular weight excluding hydrogens is 134 g/mol. The quantitative estimate of drug-likeness (QED) is 0.573. The van der Waals surface area contributed by atoms with Gasteiger partial charge in [0, 0.05) is 6.04 Å². The Morgan fingerprint density at radius 1 is 1.18 bits per heavy atom. The summed E-state index contributed by atoms with van der Waals surface area (Å²) in [6.45, 7) is 11.6. The van der Waals surface area contributed by atoms with Gasteiger partial charge in [0.05, 0.1) is 0 Å². The van der Waals surface area contributed by atoms with Crippen molar-refractivity contribution in [2.24, 2.45) is 0 Å². The standard InChI is InChI=1S/C10H23N/c1-5-8-9-11(7-3)10(4)6-2/h10H,5-9H2,1-4H3. The predicted molar refractivity (Wildman–Crippen MR) is 51.9 cm³/mol. The smallest absolute Gasteiger partial charge is 0.00641 e. The maximum absolute atomic E-state index is 2.56. The molecule has 0 amide bonds. The second-order valence-electron chi connectivity index (χ2n) is 3.24. The summed E-state index contributed by atoms with van der Waals surface area (Å²) in [6, 6.07) is 0.770. The highest BCUT2D eigenvalue weighted by molar-refractivity contribution is 4.63. The molecule has 0 bridgehead atoms. The van der Waals surface area contributed by atoms with E-state index in [0.29, 0.717) is 0 Å². The number of nitrogens with zero attached hydrogens (tertiary/aromatic N) is 1.